The molecule has 3 nitrogen and oxygen atoms in total. The Balaban J connectivity index is 0.000000502. The first-order valence-corrected chi connectivity index (χ1v) is 6.56. The summed E-state index contributed by atoms with van der Waals surface area (Å²) < 4.78 is 0. The summed E-state index contributed by atoms with van der Waals surface area (Å²) in [6, 6.07) is -0.269. The van der Waals surface area contributed by atoms with Crippen LogP contribution < -0.4 is 5.32 Å². The van der Waals surface area contributed by atoms with Crippen molar-refractivity contribution in [1.29, 1.82) is 0 Å². The zero-order valence-electron chi connectivity index (χ0n) is 12.6. The van der Waals surface area contributed by atoms with Gasteiger partial charge in [-0.15, -0.1) is 6.42 Å². The van der Waals surface area contributed by atoms with E-state index < -0.39 is 5.97 Å². The molecule has 23 heavy (non-hydrogen) atoms. The number of terminal acetylenes is 1. The first kappa shape index (κ1) is 19.3. The van der Waals surface area contributed by atoms with Gasteiger partial charge in [-0.2, -0.15) is 0 Å². The summed E-state index contributed by atoms with van der Waals surface area (Å²) in [6.07, 6.45) is 6.66. The molecule has 1 rings (SSSR count). The highest BCUT2D eigenvalue weighted by Crippen LogP contribution is 2.03. The molecule has 0 aromatic rings. The highest BCUT2D eigenvalue weighted by Gasteiger charge is 2.20. The molecule has 0 aliphatic carbocycles. The van der Waals surface area contributed by atoms with Crippen LogP contribution in [0.4, 0.5) is 0 Å². The number of carboxylic acids is 1. The third-order valence-electron chi connectivity index (χ3n) is 2.18. The van der Waals surface area contributed by atoms with Gasteiger partial charge in [0.25, 0.3) is 0 Å². The molecule has 1 unspecified atom stereocenters. The predicted molar refractivity (Wildman–Crippen MR) is 89.8 cm³/mol. The summed E-state index contributed by atoms with van der Waals surface area (Å²) in [6.45, 7) is 2.56. The van der Waals surface area contributed by atoms with Gasteiger partial charge >= 0.3 is 5.97 Å². The number of hydrogen-bond donors (Lipinski definition) is 2. The average Bonchev–Trinajstić information content (AvgIpc) is 3.08. The van der Waals surface area contributed by atoms with Crippen molar-refractivity contribution in [2.45, 2.75) is 25.8 Å². The highest BCUT2D eigenvalue weighted by molar-refractivity contribution is 5.73. The summed E-state index contributed by atoms with van der Waals surface area (Å²) in [7, 11) is 0. The fraction of sp³-hybridized carbons (Fsp3) is 0.250. The number of nitrogens with one attached hydrogen (secondary N) is 1. The van der Waals surface area contributed by atoms with Crippen molar-refractivity contribution < 1.29 is 9.90 Å². The number of hydrogen-bond acceptors (Lipinski definition) is 2. The minimum absolute atomic E-state index is 0.269. The Kier molecular flexibility index (Phi) is 12.4. The predicted octanol–water partition coefficient (Wildman–Crippen LogP) is 0.483. The molecule has 0 amide bonds. The molecule has 1 aliphatic heterocycles. The molecule has 0 bridgehead atoms. The van der Waals surface area contributed by atoms with Gasteiger partial charge in [0, 0.05) is 0 Å². The van der Waals surface area contributed by atoms with Crippen molar-refractivity contribution in [3.05, 3.63) is 0 Å². The van der Waals surface area contributed by atoms with Crippen molar-refractivity contribution in [1.82, 2.24) is 5.32 Å². The third kappa shape index (κ3) is 13.1. The molecule has 0 radical (unpaired) electrons. The smallest absolute Gasteiger partial charge is 0.320 e. The van der Waals surface area contributed by atoms with Gasteiger partial charge in [-0.05, 0) is 97.4 Å². The van der Waals surface area contributed by atoms with Crippen LogP contribution in [0.25, 0.3) is 0 Å². The maximum atomic E-state index is 10.1. The number of carbonyl (C=O) groups is 1. The molecule has 1 aliphatic rings. The lowest BCUT2D eigenvalue weighted by molar-refractivity contribution is -0.139. The lowest BCUT2D eigenvalue weighted by atomic mass is 10.2. The molecule has 1 heterocycles. The molecule has 0 saturated carbocycles. The lowest BCUT2D eigenvalue weighted by Crippen LogP contribution is -2.29. The van der Waals surface area contributed by atoms with Crippen LogP contribution in [0.5, 0.6) is 0 Å². The molecular formula is C20H13NO2. The van der Waals surface area contributed by atoms with Gasteiger partial charge in [-0.25, -0.2) is 0 Å². The molecule has 0 aromatic carbocycles. The Morgan fingerprint density at radius 2 is 1.43 bits per heavy atom. The van der Waals surface area contributed by atoms with Gasteiger partial charge in [0.05, 0.1) is 0 Å². The van der Waals surface area contributed by atoms with Crippen LogP contribution in [0.1, 0.15) is 19.8 Å². The van der Waals surface area contributed by atoms with Crippen molar-refractivity contribution in [2.75, 3.05) is 6.54 Å². The SMILES string of the molecule is C#CC#CC#CC#CC#CC#CC#CC.O=C(O)C1CCCN1. The van der Waals surface area contributed by atoms with Gasteiger partial charge in [0.15, 0.2) is 0 Å². The molecule has 1 atom stereocenters. The minimum atomic E-state index is -0.720. The summed E-state index contributed by atoms with van der Waals surface area (Å²) in [5.41, 5.74) is 0. The van der Waals surface area contributed by atoms with E-state index in [0.29, 0.717) is 0 Å². The minimum Gasteiger partial charge on any atom is -0.480 e. The Bertz CT molecular complexity index is 814. The molecule has 0 aromatic heterocycles. The van der Waals surface area contributed by atoms with Crippen LogP contribution in [0.15, 0.2) is 0 Å². The molecule has 1 saturated heterocycles. The summed E-state index contributed by atoms with van der Waals surface area (Å²) in [5, 5.41) is 11.2. The zero-order valence-corrected chi connectivity index (χ0v) is 12.6. The third-order valence-corrected chi connectivity index (χ3v) is 2.18. The second kappa shape index (κ2) is 14.8. The van der Waals surface area contributed by atoms with E-state index in [9.17, 15) is 4.79 Å². The monoisotopic (exact) mass is 299 g/mol. The van der Waals surface area contributed by atoms with E-state index in [1.54, 1.807) is 6.92 Å². The van der Waals surface area contributed by atoms with Crippen molar-refractivity contribution in [3.63, 3.8) is 0 Å². The molecule has 0 spiro atoms. The normalized spacial score (nSPS) is 12.3. The molecule has 110 valence electrons. The number of rotatable bonds is 1. The van der Waals surface area contributed by atoms with E-state index in [1.165, 1.54) is 0 Å². The van der Waals surface area contributed by atoms with Crippen molar-refractivity contribution in [2.24, 2.45) is 0 Å². The van der Waals surface area contributed by atoms with Crippen LogP contribution in [0, 0.1) is 83.4 Å². The van der Waals surface area contributed by atoms with Gasteiger partial charge in [-0.1, -0.05) is 5.92 Å². The van der Waals surface area contributed by atoms with E-state index in [-0.39, 0.29) is 6.04 Å². The largest absolute Gasteiger partial charge is 0.480 e. The maximum Gasteiger partial charge on any atom is 0.320 e. The highest BCUT2D eigenvalue weighted by atomic mass is 16.4. The van der Waals surface area contributed by atoms with Crippen LogP contribution in [0.3, 0.4) is 0 Å². The van der Waals surface area contributed by atoms with E-state index in [1.807, 2.05) is 0 Å². The van der Waals surface area contributed by atoms with Gasteiger partial charge in [-0.3, -0.25) is 4.79 Å². The van der Waals surface area contributed by atoms with Crippen molar-refractivity contribution in [3.8, 4) is 83.4 Å². The first-order valence-electron chi connectivity index (χ1n) is 6.56. The fourth-order valence-electron chi connectivity index (χ4n) is 1.28. The number of aliphatic carboxylic acids is 1. The molecular weight excluding hydrogens is 286 g/mol. The average molecular weight is 299 g/mol. The molecule has 2 N–H and O–H groups in total. The zero-order chi connectivity index (χ0) is 17.2. The molecule has 1 fully saturated rings. The second-order valence-electron chi connectivity index (χ2n) is 3.76. The quantitative estimate of drug-likeness (QED) is 0.693. The Morgan fingerprint density at radius 3 is 1.74 bits per heavy atom. The lowest BCUT2D eigenvalue weighted by Gasteiger charge is -1.99. The second-order valence-corrected chi connectivity index (χ2v) is 3.76. The maximum absolute atomic E-state index is 10.1. The summed E-state index contributed by atoms with van der Waals surface area (Å²) >= 11 is 0. The number of carboxylic acid groups (broad SMARTS) is 1. The Hall–Kier alpha value is -3.65. The standard InChI is InChI=1S/C15H4.C5H9NO2/c1-3-5-7-9-11-13-15-14-12-10-8-6-4-2;7-5(8)4-2-1-3-6-4/h1H,2H3;4,6H,1-3H2,(H,7,8). The van der Waals surface area contributed by atoms with Crippen LogP contribution in [-0.4, -0.2) is 23.7 Å². The summed E-state index contributed by atoms with van der Waals surface area (Å²) in [4.78, 5) is 10.1. The van der Waals surface area contributed by atoms with Gasteiger partial charge < -0.3 is 10.4 Å². The Morgan fingerprint density at radius 1 is 0.957 bits per heavy atom. The molecule has 3 heteroatoms. The van der Waals surface area contributed by atoms with Crippen LogP contribution >= 0.6 is 0 Å². The van der Waals surface area contributed by atoms with Gasteiger partial charge in [0.1, 0.15) is 6.04 Å². The van der Waals surface area contributed by atoms with E-state index in [2.05, 4.69) is 82.3 Å². The van der Waals surface area contributed by atoms with Gasteiger partial charge in [0.2, 0.25) is 0 Å². The summed E-state index contributed by atoms with van der Waals surface area (Å²) in [5.74, 6) is 31.2. The van der Waals surface area contributed by atoms with Crippen LogP contribution in [0.2, 0.25) is 0 Å². The van der Waals surface area contributed by atoms with Crippen LogP contribution in [-0.2, 0) is 4.79 Å². The van der Waals surface area contributed by atoms with E-state index in [0.717, 1.165) is 19.4 Å². The fourth-order valence-corrected chi connectivity index (χ4v) is 1.28. The van der Waals surface area contributed by atoms with E-state index >= 15 is 0 Å². The first-order chi connectivity index (χ1) is 11.2. The van der Waals surface area contributed by atoms with E-state index in [4.69, 9.17) is 11.5 Å². The topological polar surface area (TPSA) is 49.3 Å². The van der Waals surface area contributed by atoms with Crippen molar-refractivity contribution >= 4 is 5.97 Å². The Labute approximate surface area is 137 Å².